The zero-order valence-electron chi connectivity index (χ0n) is 12.2. The number of nitrogens with one attached hydrogen (secondary N) is 1. The van der Waals surface area contributed by atoms with E-state index >= 15 is 0 Å². The largest absolute Gasteiger partial charge is 0.326 e. The molecule has 1 heterocycles. The number of carbonyl (C=O) groups is 1. The van der Waals surface area contributed by atoms with Gasteiger partial charge in [-0.25, -0.2) is 0 Å². The molecule has 0 aliphatic carbocycles. The second-order valence-corrected chi connectivity index (χ2v) is 5.16. The Labute approximate surface area is 122 Å². The highest BCUT2D eigenvalue weighted by Crippen LogP contribution is 2.22. The Kier molecular flexibility index (Phi) is 3.17. The summed E-state index contributed by atoms with van der Waals surface area (Å²) in [4.78, 5) is 12.8. The summed E-state index contributed by atoms with van der Waals surface area (Å²) >= 11 is 0. The fourth-order valence-corrected chi connectivity index (χ4v) is 2.19. The summed E-state index contributed by atoms with van der Waals surface area (Å²) in [7, 11) is 0. The SMILES string of the molecule is CC(=O)Nc1cc2nn(-c3ccc(C)cc3)nc2cc1C. The van der Waals surface area contributed by atoms with E-state index in [0.29, 0.717) is 0 Å². The minimum absolute atomic E-state index is 0.0941. The van der Waals surface area contributed by atoms with Crippen molar-refractivity contribution in [2.45, 2.75) is 20.8 Å². The maximum absolute atomic E-state index is 11.2. The number of aromatic nitrogens is 3. The number of amides is 1. The minimum Gasteiger partial charge on any atom is -0.326 e. The molecule has 3 aromatic rings. The van der Waals surface area contributed by atoms with Crippen LogP contribution >= 0.6 is 0 Å². The summed E-state index contributed by atoms with van der Waals surface area (Å²) in [6.45, 7) is 5.47. The Balaban J connectivity index is 2.07. The molecule has 1 N–H and O–H groups in total. The van der Waals surface area contributed by atoms with E-state index in [1.54, 1.807) is 4.80 Å². The maximum atomic E-state index is 11.2. The number of fused-ring (bicyclic) bond motifs is 1. The van der Waals surface area contributed by atoms with Crippen LogP contribution in [0.1, 0.15) is 18.1 Å². The number of aryl methyl sites for hydroxylation is 2. The minimum atomic E-state index is -0.0941. The van der Waals surface area contributed by atoms with Crippen molar-refractivity contribution in [3.8, 4) is 5.69 Å². The van der Waals surface area contributed by atoms with Crippen molar-refractivity contribution in [3.63, 3.8) is 0 Å². The Morgan fingerprint density at radius 1 is 1.05 bits per heavy atom. The lowest BCUT2D eigenvalue weighted by molar-refractivity contribution is -0.114. The second-order valence-electron chi connectivity index (χ2n) is 5.16. The Morgan fingerprint density at radius 2 is 1.67 bits per heavy atom. The monoisotopic (exact) mass is 280 g/mol. The molecule has 0 saturated carbocycles. The van der Waals surface area contributed by atoms with Gasteiger partial charge < -0.3 is 5.32 Å². The van der Waals surface area contributed by atoms with Crippen LogP contribution in [0, 0.1) is 13.8 Å². The van der Waals surface area contributed by atoms with Crippen LogP contribution in [-0.2, 0) is 4.79 Å². The van der Waals surface area contributed by atoms with Gasteiger partial charge in [-0.1, -0.05) is 17.7 Å². The summed E-state index contributed by atoms with van der Waals surface area (Å²) in [6.07, 6.45) is 0. The zero-order valence-corrected chi connectivity index (χ0v) is 12.2. The van der Waals surface area contributed by atoms with Gasteiger partial charge in [-0.15, -0.1) is 10.2 Å². The maximum Gasteiger partial charge on any atom is 0.221 e. The smallest absolute Gasteiger partial charge is 0.221 e. The first kappa shape index (κ1) is 13.3. The van der Waals surface area contributed by atoms with Gasteiger partial charge in [0, 0.05) is 12.6 Å². The van der Waals surface area contributed by atoms with Gasteiger partial charge in [0.15, 0.2) is 0 Å². The molecule has 0 aliphatic rings. The van der Waals surface area contributed by atoms with E-state index in [9.17, 15) is 4.79 Å². The van der Waals surface area contributed by atoms with Crippen molar-refractivity contribution >= 4 is 22.6 Å². The topological polar surface area (TPSA) is 59.8 Å². The standard InChI is InChI=1S/C16H16N4O/c1-10-4-6-13(7-5-10)20-18-15-8-11(2)14(17-12(3)21)9-16(15)19-20/h4-9H,1-3H3,(H,17,21). The summed E-state index contributed by atoms with van der Waals surface area (Å²) in [5, 5.41) is 11.8. The van der Waals surface area contributed by atoms with Gasteiger partial charge in [-0.05, 0) is 43.7 Å². The molecule has 2 aromatic carbocycles. The number of hydrogen-bond acceptors (Lipinski definition) is 3. The molecule has 1 aromatic heterocycles. The van der Waals surface area contributed by atoms with E-state index in [1.807, 2.05) is 50.2 Å². The first-order chi connectivity index (χ1) is 10.0. The van der Waals surface area contributed by atoms with Crippen molar-refractivity contribution in [2.24, 2.45) is 0 Å². The molecule has 0 spiro atoms. The summed E-state index contributed by atoms with van der Waals surface area (Å²) in [6, 6.07) is 11.8. The Bertz CT molecular complexity index is 818. The number of benzene rings is 2. The highest BCUT2D eigenvalue weighted by molar-refractivity contribution is 5.92. The molecular weight excluding hydrogens is 264 g/mol. The van der Waals surface area contributed by atoms with E-state index in [1.165, 1.54) is 12.5 Å². The van der Waals surface area contributed by atoms with E-state index in [2.05, 4.69) is 15.5 Å². The van der Waals surface area contributed by atoms with Gasteiger partial charge in [0.1, 0.15) is 11.0 Å². The lowest BCUT2D eigenvalue weighted by Gasteiger charge is -2.04. The molecule has 0 atom stereocenters. The molecule has 21 heavy (non-hydrogen) atoms. The van der Waals surface area contributed by atoms with Gasteiger partial charge in [0.05, 0.1) is 5.69 Å². The molecule has 0 bridgehead atoms. The third-order valence-corrected chi connectivity index (χ3v) is 3.30. The highest BCUT2D eigenvalue weighted by atomic mass is 16.1. The summed E-state index contributed by atoms with van der Waals surface area (Å²) in [5.41, 5.74) is 5.40. The molecule has 106 valence electrons. The van der Waals surface area contributed by atoms with Gasteiger partial charge in [0.2, 0.25) is 5.91 Å². The first-order valence-corrected chi connectivity index (χ1v) is 6.75. The van der Waals surface area contributed by atoms with Crippen LogP contribution in [0.4, 0.5) is 5.69 Å². The molecular formula is C16H16N4O. The molecule has 0 fully saturated rings. The molecule has 0 unspecified atom stereocenters. The predicted molar refractivity (Wildman–Crippen MR) is 82.6 cm³/mol. The van der Waals surface area contributed by atoms with Crippen LogP contribution in [-0.4, -0.2) is 20.9 Å². The van der Waals surface area contributed by atoms with E-state index in [-0.39, 0.29) is 5.91 Å². The number of hydrogen-bond donors (Lipinski definition) is 1. The predicted octanol–water partition coefficient (Wildman–Crippen LogP) is 3.00. The van der Waals surface area contributed by atoms with Crippen LogP contribution in [0.2, 0.25) is 0 Å². The highest BCUT2D eigenvalue weighted by Gasteiger charge is 2.09. The van der Waals surface area contributed by atoms with Gasteiger partial charge >= 0.3 is 0 Å². The van der Waals surface area contributed by atoms with Crippen LogP contribution in [0.15, 0.2) is 36.4 Å². The Morgan fingerprint density at radius 3 is 2.29 bits per heavy atom. The van der Waals surface area contributed by atoms with Gasteiger partial charge in [-0.2, -0.15) is 4.80 Å². The molecule has 1 amide bonds. The third kappa shape index (κ3) is 2.63. The number of nitrogens with zero attached hydrogens (tertiary/aromatic N) is 3. The van der Waals surface area contributed by atoms with E-state index in [4.69, 9.17) is 0 Å². The molecule has 3 rings (SSSR count). The Hall–Kier alpha value is -2.69. The van der Waals surface area contributed by atoms with Crippen LogP contribution in [0.5, 0.6) is 0 Å². The van der Waals surface area contributed by atoms with Crippen LogP contribution in [0.25, 0.3) is 16.7 Å². The fraction of sp³-hybridized carbons (Fsp3) is 0.188. The first-order valence-electron chi connectivity index (χ1n) is 6.75. The normalized spacial score (nSPS) is 10.8. The van der Waals surface area contributed by atoms with Crippen molar-refractivity contribution in [2.75, 3.05) is 5.32 Å². The number of rotatable bonds is 2. The second kappa shape index (κ2) is 5.01. The molecule has 0 aliphatic heterocycles. The summed E-state index contributed by atoms with van der Waals surface area (Å²) < 4.78 is 0. The lowest BCUT2D eigenvalue weighted by Crippen LogP contribution is -2.06. The molecule has 0 radical (unpaired) electrons. The average molecular weight is 280 g/mol. The average Bonchev–Trinajstić information content (AvgIpc) is 2.82. The van der Waals surface area contributed by atoms with Crippen molar-refractivity contribution < 1.29 is 4.79 Å². The number of carbonyl (C=O) groups excluding carboxylic acids is 1. The van der Waals surface area contributed by atoms with E-state index in [0.717, 1.165) is 28.0 Å². The third-order valence-electron chi connectivity index (χ3n) is 3.30. The van der Waals surface area contributed by atoms with Gasteiger partial charge in [0.25, 0.3) is 0 Å². The zero-order chi connectivity index (χ0) is 15.0. The lowest BCUT2D eigenvalue weighted by atomic mass is 10.2. The van der Waals surface area contributed by atoms with Crippen molar-refractivity contribution in [3.05, 3.63) is 47.5 Å². The quantitative estimate of drug-likeness (QED) is 0.785. The van der Waals surface area contributed by atoms with Crippen molar-refractivity contribution in [1.82, 2.24) is 15.0 Å². The van der Waals surface area contributed by atoms with Gasteiger partial charge in [-0.3, -0.25) is 4.79 Å². The van der Waals surface area contributed by atoms with E-state index < -0.39 is 0 Å². The van der Waals surface area contributed by atoms with Crippen molar-refractivity contribution in [1.29, 1.82) is 0 Å². The molecule has 0 saturated heterocycles. The number of anilines is 1. The molecule has 5 heteroatoms. The fourth-order valence-electron chi connectivity index (χ4n) is 2.19. The van der Waals surface area contributed by atoms with Crippen LogP contribution < -0.4 is 5.32 Å². The summed E-state index contributed by atoms with van der Waals surface area (Å²) in [5.74, 6) is -0.0941. The van der Waals surface area contributed by atoms with Crippen LogP contribution in [0.3, 0.4) is 0 Å². The molecule has 5 nitrogen and oxygen atoms in total.